The average Bonchev–Trinajstić information content (AvgIpc) is 3.77. The van der Waals surface area contributed by atoms with Crippen LogP contribution < -0.4 is 5.32 Å². The van der Waals surface area contributed by atoms with Gasteiger partial charge in [-0.1, -0.05) is 6.07 Å². The second kappa shape index (κ2) is 9.49. The van der Waals surface area contributed by atoms with E-state index >= 15 is 4.39 Å². The van der Waals surface area contributed by atoms with Gasteiger partial charge in [-0.25, -0.2) is 9.37 Å². The van der Waals surface area contributed by atoms with E-state index in [1.54, 1.807) is 12.3 Å². The molecule has 0 saturated heterocycles. The second-order valence-electron chi connectivity index (χ2n) is 11.0. The summed E-state index contributed by atoms with van der Waals surface area (Å²) >= 11 is 0. The van der Waals surface area contributed by atoms with Crippen molar-refractivity contribution in [2.45, 2.75) is 65.3 Å². The smallest absolute Gasteiger partial charge is 0.235 e. The molecular weight excluding hydrogens is 483 g/mol. The Hall–Kier alpha value is -3.82. The van der Waals surface area contributed by atoms with E-state index in [0.717, 1.165) is 53.9 Å². The maximum atomic E-state index is 15.3. The van der Waals surface area contributed by atoms with Crippen LogP contribution in [0.15, 0.2) is 30.5 Å². The van der Waals surface area contributed by atoms with Gasteiger partial charge in [0.15, 0.2) is 5.82 Å². The molecule has 2 fully saturated rings. The quantitative estimate of drug-likeness (QED) is 0.269. The number of halogens is 1. The van der Waals surface area contributed by atoms with Crippen molar-refractivity contribution in [3.8, 4) is 22.6 Å². The minimum Gasteiger partial charge on any atom is -0.323 e. The third-order valence-electron chi connectivity index (χ3n) is 7.83. The lowest BCUT2D eigenvalue weighted by Gasteiger charge is -2.25. The molecule has 10 heteroatoms. The number of aromatic nitrogens is 7. The molecular formula is C28H33FN8O. The van der Waals surface area contributed by atoms with Crippen molar-refractivity contribution in [2.75, 3.05) is 5.32 Å². The van der Waals surface area contributed by atoms with Crippen LogP contribution in [-0.2, 0) is 4.79 Å². The van der Waals surface area contributed by atoms with E-state index in [1.807, 2.05) is 44.5 Å². The third kappa shape index (κ3) is 4.52. The van der Waals surface area contributed by atoms with Crippen molar-refractivity contribution < 1.29 is 9.18 Å². The number of amides is 1. The van der Waals surface area contributed by atoms with Crippen LogP contribution in [-0.4, -0.2) is 41.1 Å². The maximum absolute atomic E-state index is 15.3. The van der Waals surface area contributed by atoms with Crippen LogP contribution in [0.2, 0.25) is 0 Å². The highest BCUT2D eigenvalue weighted by molar-refractivity contribution is 5.96. The van der Waals surface area contributed by atoms with Gasteiger partial charge in [-0.2, -0.15) is 15.3 Å². The molecule has 0 aliphatic heterocycles. The normalized spacial score (nSPS) is 16.4. The van der Waals surface area contributed by atoms with E-state index in [0.29, 0.717) is 23.5 Å². The summed E-state index contributed by atoms with van der Waals surface area (Å²) in [5.41, 5.74) is 4.21. The van der Waals surface area contributed by atoms with Gasteiger partial charge in [0.25, 0.3) is 0 Å². The van der Waals surface area contributed by atoms with Crippen molar-refractivity contribution in [1.82, 2.24) is 35.2 Å². The zero-order valence-corrected chi connectivity index (χ0v) is 22.1. The Morgan fingerprint density at radius 2 is 1.82 bits per heavy atom. The van der Waals surface area contributed by atoms with Crippen LogP contribution in [0.3, 0.4) is 0 Å². The molecule has 6 rings (SSSR count). The number of nitrogens with zero attached hydrogens (tertiary/aromatic N) is 5. The fourth-order valence-corrected chi connectivity index (χ4v) is 5.76. The number of aryl methyl sites for hydroxylation is 2. The Labute approximate surface area is 220 Å². The van der Waals surface area contributed by atoms with Gasteiger partial charge in [0.05, 0.1) is 11.4 Å². The van der Waals surface area contributed by atoms with Gasteiger partial charge in [0.2, 0.25) is 5.91 Å². The van der Waals surface area contributed by atoms with Gasteiger partial charge in [-0.15, -0.1) is 0 Å². The Bertz CT molecular complexity index is 1440. The van der Waals surface area contributed by atoms with Crippen LogP contribution in [0, 0.1) is 37.4 Å². The molecule has 2 saturated carbocycles. The van der Waals surface area contributed by atoms with Crippen LogP contribution in [0.4, 0.5) is 10.1 Å². The number of aromatic amines is 2. The van der Waals surface area contributed by atoms with Crippen LogP contribution in [0.25, 0.3) is 22.6 Å². The fourth-order valence-electron chi connectivity index (χ4n) is 5.76. The summed E-state index contributed by atoms with van der Waals surface area (Å²) in [7, 11) is 0. The van der Waals surface area contributed by atoms with Gasteiger partial charge in [-0.05, 0) is 94.9 Å². The largest absolute Gasteiger partial charge is 0.323 e. The zero-order chi connectivity index (χ0) is 26.6. The molecule has 1 unspecified atom stereocenters. The molecule has 4 aromatic rings. The minimum absolute atomic E-state index is 0.146. The van der Waals surface area contributed by atoms with Gasteiger partial charge >= 0.3 is 0 Å². The zero-order valence-electron chi connectivity index (χ0n) is 22.1. The first kappa shape index (κ1) is 24.5. The van der Waals surface area contributed by atoms with Crippen LogP contribution >= 0.6 is 0 Å². The number of hydrogen-bond donors (Lipinski definition) is 3. The Kier molecular flexibility index (Phi) is 6.12. The number of hydrogen-bond acceptors (Lipinski definition) is 5. The van der Waals surface area contributed by atoms with Gasteiger partial charge in [0, 0.05) is 23.5 Å². The molecule has 0 bridgehead atoms. The number of carbonyl (C=O) groups is 1. The van der Waals surface area contributed by atoms with Crippen molar-refractivity contribution >= 4 is 11.6 Å². The van der Waals surface area contributed by atoms with Gasteiger partial charge in [0.1, 0.15) is 23.3 Å². The molecule has 38 heavy (non-hydrogen) atoms. The van der Waals surface area contributed by atoms with Crippen LogP contribution in [0.1, 0.15) is 68.7 Å². The molecule has 198 valence electrons. The first-order valence-electron chi connectivity index (χ1n) is 13.4. The predicted octanol–water partition coefficient (Wildman–Crippen LogP) is 5.55. The maximum Gasteiger partial charge on any atom is 0.235 e. The summed E-state index contributed by atoms with van der Waals surface area (Å²) in [5, 5.41) is 22.0. The lowest BCUT2D eigenvalue weighted by Crippen LogP contribution is -2.31. The highest BCUT2D eigenvalue weighted by atomic mass is 19.1. The molecule has 0 radical (unpaired) electrons. The first-order valence-corrected chi connectivity index (χ1v) is 13.4. The molecule has 3 N–H and O–H groups in total. The van der Waals surface area contributed by atoms with Gasteiger partial charge in [-0.3, -0.25) is 19.7 Å². The lowest BCUT2D eigenvalue weighted by molar-refractivity contribution is -0.119. The van der Waals surface area contributed by atoms with E-state index in [1.165, 1.54) is 6.07 Å². The molecule has 2 aliphatic rings. The second-order valence-corrected chi connectivity index (χ2v) is 11.0. The average molecular weight is 517 g/mol. The number of benzene rings is 1. The van der Waals surface area contributed by atoms with Gasteiger partial charge < -0.3 is 5.32 Å². The molecule has 9 nitrogen and oxygen atoms in total. The van der Waals surface area contributed by atoms with E-state index in [2.05, 4.69) is 30.8 Å². The number of H-pyrrole nitrogens is 2. The Morgan fingerprint density at radius 1 is 1.08 bits per heavy atom. The number of rotatable bonds is 9. The van der Waals surface area contributed by atoms with E-state index in [-0.39, 0.29) is 23.6 Å². The fraction of sp³-hybridized carbons (Fsp3) is 0.464. The molecule has 1 atom stereocenters. The highest BCUT2D eigenvalue weighted by Gasteiger charge is 2.49. The lowest BCUT2D eigenvalue weighted by atomic mass is 9.82. The van der Waals surface area contributed by atoms with Crippen molar-refractivity contribution in [3.05, 3.63) is 53.5 Å². The third-order valence-corrected chi connectivity index (χ3v) is 7.83. The molecule has 3 heterocycles. The summed E-state index contributed by atoms with van der Waals surface area (Å²) in [6.45, 7) is 7.88. The molecule has 2 aliphatic carbocycles. The summed E-state index contributed by atoms with van der Waals surface area (Å²) in [5.74, 6) is 0.877. The number of nitrogens with one attached hydrogen (secondary N) is 3. The van der Waals surface area contributed by atoms with Crippen molar-refractivity contribution in [2.24, 2.45) is 17.8 Å². The van der Waals surface area contributed by atoms with Crippen molar-refractivity contribution in [3.63, 3.8) is 0 Å². The number of anilines is 1. The van der Waals surface area contributed by atoms with E-state index < -0.39 is 11.7 Å². The predicted molar refractivity (Wildman–Crippen MR) is 142 cm³/mol. The summed E-state index contributed by atoms with van der Waals surface area (Å²) in [6, 6.07) is 6.92. The molecule has 1 amide bonds. The molecule has 3 aromatic heterocycles. The number of carbonyl (C=O) groups excluding carboxylic acids is 1. The van der Waals surface area contributed by atoms with E-state index in [4.69, 9.17) is 4.98 Å². The standard InChI is InChI=1S/C28H33FN8O/c1-14(2)37-22(11-12-30-37)26-32-27(36-35-26)25(24(17-5-6-17)18-7-8-18)28(38)31-21-10-9-19(13-20(21)29)23-15(3)33-34-16(23)4/h9-14,17-18,24-25H,5-8H2,1-4H3,(H,31,38)(H,33,34)(H,32,35,36). The topological polar surface area (TPSA) is 117 Å². The highest BCUT2D eigenvalue weighted by Crippen LogP contribution is 2.54. The SMILES string of the molecule is Cc1n[nH]c(C)c1-c1ccc(NC(=O)C(c2nc(-c3ccnn3C(C)C)n[nH]2)C(C2CC2)C2CC2)c(F)c1. The van der Waals surface area contributed by atoms with E-state index in [9.17, 15) is 4.79 Å². The first-order chi connectivity index (χ1) is 18.3. The molecule has 0 spiro atoms. The van der Waals surface area contributed by atoms with Crippen molar-refractivity contribution in [1.29, 1.82) is 0 Å². The summed E-state index contributed by atoms with van der Waals surface area (Å²) in [6.07, 6.45) is 6.17. The monoisotopic (exact) mass is 516 g/mol. The summed E-state index contributed by atoms with van der Waals surface area (Å²) < 4.78 is 17.2. The Balaban J connectivity index is 1.31. The minimum atomic E-state index is -0.538. The van der Waals surface area contributed by atoms with Crippen LogP contribution in [0.5, 0.6) is 0 Å². The molecule has 1 aromatic carbocycles. The summed E-state index contributed by atoms with van der Waals surface area (Å²) in [4.78, 5) is 18.7. The Morgan fingerprint density at radius 3 is 2.42 bits per heavy atom.